The third kappa shape index (κ3) is 3.73. The van der Waals surface area contributed by atoms with Crippen LogP contribution in [0.4, 0.5) is 13.2 Å². The molecule has 0 aliphatic heterocycles. The van der Waals surface area contributed by atoms with E-state index in [0.29, 0.717) is 5.56 Å². The van der Waals surface area contributed by atoms with Gasteiger partial charge in [0.2, 0.25) is 0 Å². The van der Waals surface area contributed by atoms with Crippen molar-refractivity contribution in [3.05, 3.63) is 29.3 Å². The van der Waals surface area contributed by atoms with E-state index in [2.05, 4.69) is 4.74 Å². The van der Waals surface area contributed by atoms with Crippen molar-refractivity contribution in [2.75, 3.05) is 6.61 Å². The van der Waals surface area contributed by atoms with Gasteiger partial charge in [-0.15, -0.1) is 0 Å². The molecule has 90 valence electrons. The van der Waals surface area contributed by atoms with E-state index in [-0.39, 0.29) is 11.8 Å². The first kappa shape index (κ1) is 12.8. The number of rotatable bonds is 3. The van der Waals surface area contributed by atoms with Gasteiger partial charge >= 0.3 is 6.18 Å². The average Bonchev–Trinajstić information content (AvgIpc) is 2.14. The Hall–Kier alpha value is -1.23. The lowest BCUT2D eigenvalue weighted by molar-refractivity contribution is -0.153. The zero-order valence-electron chi connectivity index (χ0n) is 9.14. The molecule has 0 spiro atoms. The van der Waals surface area contributed by atoms with Gasteiger partial charge in [-0.05, 0) is 31.0 Å². The minimum atomic E-state index is -4.31. The summed E-state index contributed by atoms with van der Waals surface area (Å²) in [7, 11) is 0. The summed E-state index contributed by atoms with van der Waals surface area (Å²) in [5.41, 5.74) is 7.18. The molecule has 0 saturated heterocycles. The van der Waals surface area contributed by atoms with Gasteiger partial charge in [0.15, 0.2) is 6.61 Å². The van der Waals surface area contributed by atoms with Crippen molar-refractivity contribution in [2.24, 2.45) is 5.73 Å². The molecule has 1 aromatic rings. The molecule has 16 heavy (non-hydrogen) atoms. The monoisotopic (exact) mass is 233 g/mol. The standard InChI is InChI=1S/C11H14F3NO/c1-7-5-9(8(2)15)3-4-10(7)16-6-11(12,13)14/h3-5,8H,6,15H2,1-2H3/t8-/m1/s1. The Kier molecular flexibility index (Phi) is 3.80. The van der Waals surface area contributed by atoms with Crippen molar-refractivity contribution < 1.29 is 17.9 Å². The van der Waals surface area contributed by atoms with E-state index in [1.807, 2.05) is 6.92 Å². The lowest BCUT2D eigenvalue weighted by atomic mass is 10.1. The Labute approximate surface area is 92.2 Å². The Morgan fingerprint density at radius 2 is 2.00 bits per heavy atom. The van der Waals surface area contributed by atoms with E-state index >= 15 is 0 Å². The van der Waals surface area contributed by atoms with Gasteiger partial charge in [0.1, 0.15) is 5.75 Å². The van der Waals surface area contributed by atoms with E-state index in [4.69, 9.17) is 5.73 Å². The molecule has 2 nitrogen and oxygen atoms in total. The van der Waals surface area contributed by atoms with Crippen LogP contribution >= 0.6 is 0 Å². The van der Waals surface area contributed by atoms with Crippen LogP contribution < -0.4 is 10.5 Å². The SMILES string of the molecule is Cc1cc([C@@H](C)N)ccc1OCC(F)(F)F. The van der Waals surface area contributed by atoms with E-state index in [1.54, 1.807) is 19.1 Å². The number of benzene rings is 1. The zero-order chi connectivity index (χ0) is 12.3. The molecule has 5 heteroatoms. The first-order chi connectivity index (χ1) is 7.29. The molecule has 1 atom stereocenters. The minimum Gasteiger partial charge on any atom is -0.484 e. The molecule has 1 rings (SSSR count). The van der Waals surface area contributed by atoms with Gasteiger partial charge in [0.25, 0.3) is 0 Å². The summed E-state index contributed by atoms with van der Waals surface area (Å²) in [6.07, 6.45) is -4.31. The Balaban J connectivity index is 2.76. The maximum absolute atomic E-state index is 11.9. The van der Waals surface area contributed by atoms with Crippen LogP contribution in [0, 0.1) is 6.92 Å². The summed E-state index contributed by atoms with van der Waals surface area (Å²) in [4.78, 5) is 0. The van der Waals surface area contributed by atoms with Gasteiger partial charge in [0, 0.05) is 6.04 Å². The van der Waals surface area contributed by atoms with Crippen LogP contribution in [0.5, 0.6) is 5.75 Å². The number of alkyl halides is 3. The second-order valence-corrected chi connectivity index (χ2v) is 3.72. The van der Waals surface area contributed by atoms with Crippen molar-refractivity contribution in [1.82, 2.24) is 0 Å². The van der Waals surface area contributed by atoms with Crippen molar-refractivity contribution in [1.29, 1.82) is 0 Å². The summed E-state index contributed by atoms with van der Waals surface area (Å²) in [6.45, 7) is 2.23. The summed E-state index contributed by atoms with van der Waals surface area (Å²) < 4.78 is 40.5. The average molecular weight is 233 g/mol. The third-order valence-corrected chi connectivity index (χ3v) is 2.12. The van der Waals surface area contributed by atoms with E-state index < -0.39 is 12.8 Å². The van der Waals surface area contributed by atoms with Crippen LogP contribution in [-0.2, 0) is 0 Å². The molecular formula is C11H14F3NO. The van der Waals surface area contributed by atoms with Gasteiger partial charge in [-0.25, -0.2) is 0 Å². The molecule has 0 heterocycles. The second kappa shape index (κ2) is 4.74. The fourth-order valence-electron chi connectivity index (χ4n) is 1.28. The summed E-state index contributed by atoms with van der Waals surface area (Å²) in [5.74, 6) is 0.238. The van der Waals surface area contributed by atoms with Crippen LogP contribution in [0.15, 0.2) is 18.2 Å². The highest BCUT2D eigenvalue weighted by molar-refractivity contribution is 5.37. The van der Waals surface area contributed by atoms with Gasteiger partial charge in [-0.1, -0.05) is 12.1 Å². The van der Waals surface area contributed by atoms with E-state index in [9.17, 15) is 13.2 Å². The molecule has 1 aromatic carbocycles. The molecule has 0 saturated carbocycles. The van der Waals surface area contributed by atoms with Gasteiger partial charge in [-0.2, -0.15) is 13.2 Å². The highest BCUT2D eigenvalue weighted by Crippen LogP contribution is 2.24. The maximum Gasteiger partial charge on any atom is 0.422 e. The Morgan fingerprint density at radius 1 is 1.38 bits per heavy atom. The third-order valence-electron chi connectivity index (χ3n) is 2.12. The molecule has 0 aliphatic rings. The summed E-state index contributed by atoms with van der Waals surface area (Å²) >= 11 is 0. The van der Waals surface area contributed by atoms with Crippen LogP contribution in [0.25, 0.3) is 0 Å². The zero-order valence-corrected chi connectivity index (χ0v) is 9.14. The van der Waals surface area contributed by atoms with Crippen molar-refractivity contribution >= 4 is 0 Å². The number of halogens is 3. The molecule has 0 unspecified atom stereocenters. The molecule has 0 aromatic heterocycles. The molecule has 0 fully saturated rings. The number of hydrogen-bond donors (Lipinski definition) is 1. The van der Waals surface area contributed by atoms with Crippen molar-refractivity contribution in [3.63, 3.8) is 0 Å². The molecule has 0 amide bonds. The topological polar surface area (TPSA) is 35.2 Å². The van der Waals surface area contributed by atoms with Gasteiger partial charge < -0.3 is 10.5 Å². The predicted octanol–water partition coefficient (Wildman–Crippen LogP) is 2.96. The summed E-state index contributed by atoms with van der Waals surface area (Å²) in [5, 5.41) is 0. The highest BCUT2D eigenvalue weighted by atomic mass is 19.4. The van der Waals surface area contributed by atoms with Crippen LogP contribution in [0.3, 0.4) is 0 Å². The first-order valence-corrected chi connectivity index (χ1v) is 4.85. The Morgan fingerprint density at radius 3 is 2.44 bits per heavy atom. The molecule has 0 radical (unpaired) electrons. The van der Waals surface area contributed by atoms with Crippen LogP contribution in [-0.4, -0.2) is 12.8 Å². The van der Waals surface area contributed by atoms with Crippen LogP contribution in [0.2, 0.25) is 0 Å². The smallest absolute Gasteiger partial charge is 0.422 e. The van der Waals surface area contributed by atoms with Crippen molar-refractivity contribution in [2.45, 2.75) is 26.1 Å². The normalized spacial score (nSPS) is 13.6. The fourth-order valence-corrected chi connectivity index (χ4v) is 1.28. The van der Waals surface area contributed by atoms with E-state index in [1.165, 1.54) is 6.07 Å². The van der Waals surface area contributed by atoms with Gasteiger partial charge in [0.05, 0.1) is 0 Å². The van der Waals surface area contributed by atoms with E-state index in [0.717, 1.165) is 5.56 Å². The molecule has 0 aliphatic carbocycles. The minimum absolute atomic E-state index is 0.143. The highest BCUT2D eigenvalue weighted by Gasteiger charge is 2.28. The number of nitrogens with two attached hydrogens (primary N) is 1. The molecular weight excluding hydrogens is 219 g/mol. The number of aryl methyl sites for hydroxylation is 1. The largest absolute Gasteiger partial charge is 0.484 e. The predicted molar refractivity (Wildman–Crippen MR) is 55.3 cm³/mol. The second-order valence-electron chi connectivity index (χ2n) is 3.72. The molecule has 2 N–H and O–H groups in total. The maximum atomic E-state index is 11.9. The lowest BCUT2D eigenvalue weighted by Crippen LogP contribution is -2.19. The quantitative estimate of drug-likeness (QED) is 0.871. The van der Waals surface area contributed by atoms with Gasteiger partial charge in [-0.3, -0.25) is 0 Å². The molecule has 0 bridgehead atoms. The first-order valence-electron chi connectivity index (χ1n) is 4.85. The fraction of sp³-hybridized carbons (Fsp3) is 0.455. The summed E-state index contributed by atoms with van der Waals surface area (Å²) in [6, 6.07) is 4.77. The van der Waals surface area contributed by atoms with Crippen molar-refractivity contribution in [3.8, 4) is 5.75 Å². The Bertz CT molecular complexity index is 361. The lowest BCUT2D eigenvalue weighted by Gasteiger charge is -2.13. The number of hydrogen-bond acceptors (Lipinski definition) is 2. The van der Waals surface area contributed by atoms with Crippen LogP contribution in [0.1, 0.15) is 24.1 Å². The number of ether oxygens (including phenoxy) is 1.